The second-order valence-electron chi connectivity index (χ2n) is 6.10. The van der Waals surface area contributed by atoms with Gasteiger partial charge in [0.05, 0.1) is 18.8 Å². The standard InChI is InChI=1S/C19H17BrFNO/c1-23-13-5-2-4-11(8-13)18-15-7-3-6-14(15)16-9-12(20)10-17(21)19(16)22-18/h2-6,8-10,14-15,18,22H,7H2,1H3/t14-,15+,18+/m1/s1. The molecule has 3 atom stereocenters. The second kappa shape index (κ2) is 5.68. The van der Waals surface area contributed by atoms with Gasteiger partial charge in [-0.1, -0.05) is 40.2 Å². The van der Waals surface area contributed by atoms with Crippen LogP contribution >= 0.6 is 15.9 Å². The van der Waals surface area contributed by atoms with Crippen LogP contribution in [0.15, 0.2) is 53.0 Å². The molecule has 2 aromatic rings. The zero-order valence-corrected chi connectivity index (χ0v) is 14.3. The molecule has 2 aliphatic rings. The van der Waals surface area contributed by atoms with Crippen molar-refractivity contribution in [3.05, 3.63) is 70.0 Å². The van der Waals surface area contributed by atoms with E-state index in [2.05, 4.69) is 39.5 Å². The van der Waals surface area contributed by atoms with Crippen molar-refractivity contribution in [3.63, 3.8) is 0 Å². The summed E-state index contributed by atoms with van der Waals surface area (Å²) in [5.74, 6) is 1.26. The van der Waals surface area contributed by atoms with Gasteiger partial charge in [-0.25, -0.2) is 4.39 Å². The van der Waals surface area contributed by atoms with Crippen molar-refractivity contribution in [2.75, 3.05) is 12.4 Å². The van der Waals surface area contributed by atoms with E-state index in [1.54, 1.807) is 7.11 Å². The fourth-order valence-corrected chi connectivity index (χ4v) is 4.23. The predicted octanol–water partition coefficient (Wildman–Crippen LogP) is 5.42. The predicted molar refractivity (Wildman–Crippen MR) is 93.4 cm³/mol. The Morgan fingerprint density at radius 1 is 1.26 bits per heavy atom. The summed E-state index contributed by atoms with van der Waals surface area (Å²) in [4.78, 5) is 0. The van der Waals surface area contributed by atoms with Gasteiger partial charge in [-0.05, 0) is 47.7 Å². The lowest BCUT2D eigenvalue weighted by Gasteiger charge is -2.37. The Morgan fingerprint density at radius 3 is 2.96 bits per heavy atom. The Balaban J connectivity index is 1.81. The Labute approximate surface area is 143 Å². The van der Waals surface area contributed by atoms with E-state index in [1.165, 1.54) is 6.07 Å². The molecule has 0 amide bonds. The van der Waals surface area contributed by atoms with E-state index in [0.29, 0.717) is 11.6 Å². The number of hydrogen-bond acceptors (Lipinski definition) is 2. The molecule has 4 rings (SSSR count). The maximum Gasteiger partial charge on any atom is 0.147 e. The van der Waals surface area contributed by atoms with E-state index in [-0.39, 0.29) is 17.8 Å². The van der Waals surface area contributed by atoms with Gasteiger partial charge in [-0.3, -0.25) is 0 Å². The normalized spacial score (nSPS) is 24.7. The molecule has 23 heavy (non-hydrogen) atoms. The molecule has 4 heteroatoms. The monoisotopic (exact) mass is 373 g/mol. The van der Waals surface area contributed by atoms with Gasteiger partial charge in [0.25, 0.3) is 0 Å². The van der Waals surface area contributed by atoms with E-state index in [9.17, 15) is 4.39 Å². The molecule has 1 aliphatic carbocycles. The first-order valence-electron chi connectivity index (χ1n) is 7.73. The van der Waals surface area contributed by atoms with Gasteiger partial charge in [-0.15, -0.1) is 0 Å². The summed E-state index contributed by atoms with van der Waals surface area (Å²) in [5.41, 5.74) is 2.79. The molecule has 2 nitrogen and oxygen atoms in total. The zero-order valence-electron chi connectivity index (χ0n) is 12.7. The highest BCUT2D eigenvalue weighted by atomic mass is 79.9. The van der Waals surface area contributed by atoms with Crippen LogP contribution < -0.4 is 10.1 Å². The maximum absolute atomic E-state index is 14.5. The molecule has 0 bridgehead atoms. The van der Waals surface area contributed by atoms with Gasteiger partial charge in [0, 0.05) is 10.4 Å². The molecule has 0 radical (unpaired) electrons. The fraction of sp³-hybridized carbons (Fsp3) is 0.263. The summed E-state index contributed by atoms with van der Waals surface area (Å²) in [5, 5.41) is 3.44. The van der Waals surface area contributed by atoms with Crippen molar-refractivity contribution in [1.82, 2.24) is 0 Å². The first-order valence-corrected chi connectivity index (χ1v) is 8.53. The van der Waals surface area contributed by atoms with E-state index < -0.39 is 0 Å². The van der Waals surface area contributed by atoms with Crippen LogP contribution in [0.4, 0.5) is 10.1 Å². The number of methoxy groups -OCH3 is 1. The lowest BCUT2D eigenvalue weighted by Crippen LogP contribution is -2.29. The quantitative estimate of drug-likeness (QED) is 0.709. The number of allylic oxidation sites excluding steroid dienone is 2. The number of rotatable bonds is 2. The average Bonchev–Trinajstić information content (AvgIpc) is 3.04. The van der Waals surface area contributed by atoms with Gasteiger partial charge in [0.1, 0.15) is 11.6 Å². The number of fused-ring (bicyclic) bond motifs is 3. The van der Waals surface area contributed by atoms with E-state index in [1.807, 2.05) is 24.3 Å². The van der Waals surface area contributed by atoms with Gasteiger partial charge < -0.3 is 10.1 Å². The number of halogens is 2. The second-order valence-corrected chi connectivity index (χ2v) is 7.02. The average molecular weight is 374 g/mol. The van der Waals surface area contributed by atoms with Crippen LogP contribution in [-0.4, -0.2) is 7.11 Å². The van der Waals surface area contributed by atoms with E-state index >= 15 is 0 Å². The van der Waals surface area contributed by atoms with Gasteiger partial charge in [-0.2, -0.15) is 0 Å². The molecule has 0 aromatic heterocycles. The first-order chi connectivity index (χ1) is 11.2. The SMILES string of the molecule is COc1cccc([C@@H]2Nc3c(F)cc(Br)cc3[C@@H]3C=CC[C@@H]32)c1. The van der Waals surface area contributed by atoms with Gasteiger partial charge in [0.15, 0.2) is 0 Å². The molecule has 2 aromatic carbocycles. The van der Waals surface area contributed by atoms with Crippen molar-refractivity contribution in [1.29, 1.82) is 0 Å². The summed E-state index contributed by atoms with van der Waals surface area (Å²) < 4.78 is 20.6. The molecule has 0 saturated carbocycles. The molecule has 1 heterocycles. The number of anilines is 1. The summed E-state index contributed by atoms with van der Waals surface area (Å²) in [6.45, 7) is 0. The smallest absolute Gasteiger partial charge is 0.147 e. The summed E-state index contributed by atoms with van der Waals surface area (Å²) in [7, 11) is 1.67. The highest BCUT2D eigenvalue weighted by Crippen LogP contribution is 2.51. The Bertz CT molecular complexity index is 789. The van der Waals surface area contributed by atoms with Crippen LogP contribution in [0.2, 0.25) is 0 Å². The van der Waals surface area contributed by atoms with Crippen molar-refractivity contribution in [2.24, 2.45) is 5.92 Å². The minimum absolute atomic E-state index is 0.0771. The number of benzene rings is 2. The Kier molecular flexibility index (Phi) is 3.64. The number of ether oxygens (including phenoxy) is 1. The highest BCUT2D eigenvalue weighted by molar-refractivity contribution is 9.10. The third-order valence-electron chi connectivity index (χ3n) is 4.84. The van der Waals surface area contributed by atoms with Crippen LogP contribution in [0.5, 0.6) is 5.75 Å². The molecule has 1 N–H and O–H groups in total. The van der Waals surface area contributed by atoms with Crippen molar-refractivity contribution < 1.29 is 9.13 Å². The molecule has 0 unspecified atom stereocenters. The Morgan fingerprint density at radius 2 is 2.13 bits per heavy atom. The highest BCUT2D eigenvalue weighted by Gasteiger charge is 2.39. The molecule has 0 fully saturated rings. The summed E-state index contributed by atoms with van der Waals surface area (Å²) in [6, 6.07) is 11.7. The molecular formula is C19H17BrFNO. The van der Waals surface area contributed by atoms with Gasteiger partial charge >= 0.3 is 0 Å². The number of hydrogen-bond donors (Lipinski definition) is 1. The fourth-order valence-electron chi connectivity index (χ4n) is 3.79. The van der Waals surface area contributed by atoms with Crippen molar-refractivity contribution in [3.8, 4) is 5.75 Å². The molecular weight excluding hydrogens is 357 g/mol. The molecule has 0 saturated heterocycles. The molecule has 0 spiro atoms. The van der Waals surface area contributed by atoms with Crippen LogP contribution in [0.1, 0.15) is 29.5 Å². The lowest BCUT2D eigenvalue weighted by molar-refractivity contribution is 0.405. The molecule has 118 valence electrons. The van der Waals surface area contributed by atoms with Crippen molar-refractivity contribution >= 4 is 21.6 Å². The third-order valence-corrected chi connectivity index (χ3v) is 5.30. The van der Waals surface area contributed by atoms with Crippen molar-refractivity contribution in [2.45, 2.75) is 18.4 Å². The summed E-state index contributed by atoms with van der Waals surface area (Å²) in [6.07, 6.45) is 5.41. The minimum Gasteiger partial charge on any atom is -0.497 e. The summed E-state index contributed by atoms with van der Waals surface area (Å²) >= 11 is 3.41. The Hall–Kier alpha value is -1.81. The van der Waals surface area contributed by atoms with E-state index in [4.69, 9.17) is 4.74 Å². The third kappa shape index (κ3) is 2.45. The van der Waals surface area contributed by atoms with Crippen LogP contribution in [0, 0.1) is 11.7 Å². The van der Waals surface area contributed by atoms with Gasteiger partial charge in [0.2, 0.25) is 0 Å². The van der Waals surface area contributed by atoms with Crippen LogP contribution in [-0.2, 0) is 0 Å². The van der Waals surface area contributed by atoms with E-state index in [0.717, 1.165) is 27.8 Å². The first kappa shape index (κ1) is 14.8. The maximum atomic E-state index is 14.5. The largest absolute Gasteiger partial charge is 0.497 e. The topological polar surface area (TPSA) is 21.3 Å². The number of nitrogens with one attached hydrogen (secondary N) is 1. The lowest BCUT2D eigenvalue weighted by atomic mass is 9.77. The molecule has 1 aliphatic heterocycles. The zero-order chi connectivity index (χ0) is 16.0. The van der Waals surface area contributed by atoms with Crippen LogP contribution in [0.25, 0.3) is 0 Å². The van der Waals surface area contributed by atoms with Crippen LogP contribution in [0.3, 0.4) is 0 Å². The minimum atomic E-state index is -0.207.